The normalized spacial score (nSPS) is 18.1. The first-order valence-electron chi connectivity index (χ1n) is 11.5. The van der Waals surface area contributed by atoms with Crippen LogP contribution in [0.15, 0.2) is 36.7 Å². The highest BCUT2D eigenvalue weighted by Gasteiger charge is 2.39. The SMILES string of the molecule is CCc1nc2cc(-c3ccc(-c4cn[nH]c4)cc3O)nnc2n1C1CC(C)(C)NC(C)(C)C1. The Hall–Kier alpha value is -3.26. The first-order valence-corrected chi connectivity index (χ1v) is 11.5. The second kappa shape index (κ2) is 7.66. The molecular weight excluding hydrogens is 414 g/mol. The summed E-state index contributed by atoms with van der Waals surface area (Å²) in [5.74, 6) is 1.17. The van der Waals surface area contributed by atoms with Crippen LogP contribution in [0.5, 0.6) is 5.75 Å². The van der Waals surface area contributed by atoms with Gasteiger partial charge in [0.2, 0.25) is 0 Å². The van der Waals surface area contributed by atoms with Crippen molar-refractivity contribution in [1.82, 2.24) is 35.3 Å². The van der Waals surface area contributed by atoms with E-state index in [9.17, 15) is 5.11 Å². The molecule has 4 heterocycles. The van der Waals surface area contributed by atoms with E-state index in [0.29, 0.717) is 17.3 Å². The van der Waals surface area contributed by atoms with E-state index in [1.807, 2.05) is 18.2 Å². The maximum Gasteiger partial charge on any atom is 0.182 e. The largest absolute Gasteiger partial charge is 0.507 e. The highest BCUT2D eigenvalue weighted by atomic mass is 16.3. The number of aromatic nitrogens is 6. The Morgan fingerprint density at radius 1 is 1.06 bits per heavy atom. The van der Waals surface area contributed by atoms with Crippen LogP contribution in [0.25, 0.3) is 33.5 Å². The molecule has 0 bridgehead atoms. The van der Waals surface area contributed by atoms with Gasteiger partial charge in [-0.3, -0.25) is 5.10 Å². The minimum atomic E-state index is 0.0178. The molecule has 1 fully saturated rings. The third-order valence-corrected chi connectivity index (χ3v) is 6.47. The summed E-state index contributed by atoms with van der Waals surface area (Å²) in [7, 11) is 0. The number of aromatic amines is 1. The zero-order valence-corrected chi connectivity index (χ0v) is 19.8. The van der Waals surface area contributed by atoms with Crippen molar-refractivity contribution in [1.29, 1.82) is 0 Å². The lowest BCUT2D eigenvalue weighted by Crippen LogP contribution is -2.58. The molecule has 3 aromatic heterocycles. The van der Waals surface area contributed by atoms with Gasteiger partial charge in [-0.25, -0.2) is 4.98 Å². The van der Waals surface area contributed by atoms with E-state index in [1.54, 1.807) is 18.5 Å². The molecule has 0 atom stereocenters. The summed E-state index contributed by atoms with van der Waals surface area (Å²) < 4.78 is 2.29. The molecule has 0 saturated carbocycles. The van der Waals surface area contributed by atoms with Gasteiger partial charge in [0, 0.05) is 40.9 Å². The molecule has 1 aliphatic heterocycles. The van der Waals surface area contributed by atoms with Crippen LogP contribution in [0.2, 0.25) is 0 Å². The van der Waals surface area contributed by atoms with Crippen molar-refractivity contribution in [3.63, 3.8) is 0 Å². The highest BCUT2D eigenvalue weighted by molar-refractivity contribution is 5.80. The molecule has 0 amide bonds. The summed E-state index contributed by atoms with van der Waals surface area (Å²) in [6, 6.07) is 7.76. The molecule has 8 heteroatoms. The van der Waals surface area contributed by atoms with Gasteiger partial charge in [-0.2, -0.15) is 5.10 Å². The number of fused-ring (bicyclic) bond motifs is 1. The molecule has 0 spiro atoms. The first kappa shape index (κ1) is 21.6. The summed E-state index contributed by atoms with van der Waals surface area (Å²) in [4.78, 5) is 4.92. The maximum absolute atomic E-state index is 10.7. The van der Waals surface area contributed by atoms with Crippen LogP contribution in [-0.2, 0) is 6.42 Å². The lowest BCUT2D eigenvalue weighted by Gasteiger charge is -2.47. The molecular formula is C25H31N7O. The van der Waals surface area contributed by atoms with Crippen molar-refractivity contribution in [3.8, 4) is 28.1 Å². The Bertz CT molecular complexity index is 1290. The van der Waals surface area contributed by atoms with E-state index in [1.165, 1.54) is 0 Å². The van der Waals surface area contributed by atoms with Crippen LogP contribution in [0.1, 0.15) is 59.3 Å². The number of piperidine rings is 1. The molecule has 4 aromatic rings. The summed E-state index contributed by atoms with van der Waals surface area (Å²) >= 11 is 0. The molecule has 8 nitrogen and oxygen atoms in total. The Balaban J connectivity index is 1.55. The number of aromatic hydroxyl groups is 1. The van der Waals surface area contributed by atoms with Crippen LogP contribution in [0.3, 0.4) is 0 Å². The fourth-order valence-electron chi connectivity index (χ4n) is 5.50. The number of phenols is 1. The number of benzene rings is 1. The molecule has 3 N–H and O–H groups in total. The molecule has 1 saturated heterocycles. The van der Waals surface area contributed by atoms with Crippen molar-refractivity contribution in [2.24, 2.45) is 0 Å². The van der Waals surface area contributed by atoms with Crippen LogP contribution < -0.4 is 5.32 Å². The number of hydrogen-bond acceptors (Lipinski definition) is 6. The molecule has 5 rings (SSSR count). The summed E-state index contributed by atoms with van der Waals surface area (Å²) in [5.41, 5.74) is 4.69. The maximum atomic E-state index is 10.7. The number of rotatable bonds is 4. The number of nitrogens with zero attached hydrogens (tertiary/aromatic N) is 5. The third-order valence-electron chi connectivity index (χ3n) is 6.47. The van der Waals surface area contributed by atoms with Gasteiger partial charge in [-0.1, -0.05) is 13.0 Å². The Labute approximate surface area is 193 Å². The minimum absolute atomic E-state index is 0.0178. The molecule has 33 heavy (non-hydrogen) atoms. The van der Waals surface area contributed by atoms with Gasteiger partial charge in [0.05, 0.1) is 11.9 Å². The van der Waals surface area contributed by atoms with Gasteiger partial charge >= 0.3 is 0 Å². The second-order valence-electron chi connectivity index (χ2n) is 10.4. The number of aryl methyl sites for hydroxylation is 1. The zero-order valence-electron chi connectivity index (χ0n) is 19.8. The first-order chi connectivity index (χ1) is 15.7. The Morgan fingerprint density at radius 3 is 2.45 bits per heavy atom. The van der Waals surface area contributed by atoms with E-state index in [4.69, 9.17) is 4.98 Å². The van der Waals surface area contributed by atoms with Crippen LogP contribution >= 0.6 is 0 Å². The predicted molar refractivity (Wildman–Crippen MR) is 129 cm³/mol. The highest BCUT2D eigenvalue weighted by Crippen LogP contribution is 2.39. The molecule has 0 aliphatic carbocycles. The third kappa shape index (κ3) is 3.99. The topological polar surface area (TPSA) is 105 Å². The van der Waals surface area contributed by atoms with Crippen molar-refractivity contribution in [2.75, 3.05) is 0 Å². The van der Waals surface area contributed by atoms with Gasteiger partial charge in [0.15, 0.2) is 5.65 Å². The Morgan fingerprint density at radius 2 is 1.82 bits per heavy atom. The molecule has 172 valence electrons. The smallest absolute Gasteiger partial charge is 0.182 e. The number of imidazole rings is 1. The zero-order chi connectivity index (χ0) is 23.4. The van der Waals surface area contributed by atoms with E-state index in [-0.39, 0.29) is 16.8 Å². The number of phenolic OH excluding ortho intramolecular Hbond substituents is 1. The van der Waals surface area contributed by atoms with Gasteiger partial charge in [-0.05, 0) is 64.3 Å². The minimum Gasteiger partial charge on any atom is -0.507 e. The summed E-state index contributed by atoms with van der Waals surface area (Å²) in [5, 5.41) is 30.4. The van der Waals surface area contributed by atoms with Gasteiger partial charge < -0.3 is 15.0 Å². The molecule has 1 aromatic carbocycles. The Kier molecular flexibility index (Phi) is 5.01. The summed E-state index contributed by atoms with van der Waals surface area (Å²) in [6.07, 6.45) is 6.33. The van der Waals surface area contributed by atoms with Gasteiger partial charge in [0.25, 0.3) is 0 Å². The number of H-pyrrole nitrogens is 1. The fraction of sp³-hybridized carbons (Fsp3) is 0.440. The molecule has 0 radical (unpaired) electrons. The van der Waals surface area contributed by atoms with E-state index >= 15 is 0 Å². The monoisotopic (exact) mass is 445 g/mol. The van der Waals surface area contributed by atoms with Crippen LogP contribution in [0.4, 0.5) is 0 Å². The number of nitrogens with one attached hydrogen (secondary N) is 2. The van der Waals surface area contributed by atoms with Crippen LogP contribution in [0, 0.1) is 0 Å². The van der Waals surface area contributed by atoms with Gasteiger partial charge in [0.1, 0.15) is 17.1 Å². The molecule has 0 unspecified atom stereocenters. The lowest BCUT2D eigenvalue weighted by molar-refractivity contribution is 0.132. The van der Waals surface area contributed by atoms with E-state index in [0.717, 1.165) is 47.4 Å². The van der Waals surface area contributed by atoms with E-state index < -0.39 is 0 Å². The van der Waals surface area contributed by atoms with Gasteiger partial charge in [-0.15, -0.1) is 10.2 Å². The number of hydrogen-bond donors (Lipinski definition) is 3. The van der Waals surface area contributed by atoms with Crippen molar-refractivity contribution >= 4 is 11.2 Å². The second-order valence-corrected chi connectivity index (χ2v) is 10.4. The standard InChI is InChI=1S/C25H31N7O/c1-6-22-28-20-10-19(18-8-7-15(9-21(18)33)16-13-26-27-14-16)29-30-23(20)32(22)17-11-24(2,3)31-25(4,5)12-17/h7-10,13-14,17,31,33H,6,11-12H2,1-5H3,(H,26,27). The van der Waals surface area contributed by atoms with Crippen molar-refractivity contribution in [3.05, 3.63) is 42.5 Å². The quantitative estimate of drug-likeness (QED) is 0.423. The predicted octanol–water partition coefficient (Wildman–Crippen LogP) is 4.63. The van der Waals surface area contributed by atoms with Crippen LogP contribution in [-0.4, -0.2) is 46.1 Å². The summed E-state index contributed by atoms with van der Waals surface area (Å²) in [6.45, 7) is 11.2. The van der Waals surface area contributed by atoms with Crippen molar-refractivity contribution in [2.45, 2.75) is 71.0 Å². The average Bonchev–Trinajstić information content (AvgIpc) is 3.38. The lowest BCUT2D eigenvalue weighted by atomic mass is 9.79. The fourth-order valence-corrected chi connectivity index (χ4v) is 5.50. The molecule has 1 aliphatic rings. The average molecular weight is 446 g/mol. The van der Waals surface area contributed by atoms with E-state index in [2.05, 4.69) is 64.9 Å². The van der Waals surface area contributed by atoms with Crippen molar-refractivity contribution < 1.29 is 5.11 Å².